The summed E-state index contributed by atoms with van der Waals surface area (Å²) in [7, 11) is 0. The molecule has 3 aromatic heterocycles. The van der Waals surface area contributed by atoms with E-state index in [-0.39, 0.29) is 5.91 Å². The Morgan fingerprint density at radius 2 is 1.81 bits per heavy atom. The molecule has 0 aliphatic heterocycles. The van der Waals surface area contributed by atoms with Crippen LogP contribution in [0.5, 0.6) is 0 Å². The van der Waals surface area contributed by atoms with Gasteiger partial charge in [0.2, 0.25) is 0 Å². The zero-order chi connectivity index (χ0) is 21.2. The maximum Gasteiger partial charge on any atom is 0.254 e. The lowest BCUT2D eigenvalue weighted by molar-refractivity contribution is 0.0951. The topological polar surface area (TPSA) is 77.6 Å². The fourth-order valence-electron chi connectivity index (χ4n) is 3.30. The van der Waals surface area contributed by atoms with Crippen molar-refractivity contribution in [2.75, 3.05) is 0 Å². The van der Waals surface area contributed by atoms with Gasteiger partial charge in [-0.3, -0.25) is 9.36 Å². The van der Waals surface area contributed by atoms with Crippen LogP contribution in [0.15, 0.2) is 85.6 Å². The summed E-state index contributed by atoms with van der Waals surface area (Å²) in [5.41, 5.74) is 3.97. The molecule has 0 atom stereocenters. The smallest absolute Gasteiger partial charge is 0.254 e. The molecule has 5 aromatic rings. The summed E-state index contributed by atoms with van der Waals surface area (Å²) in [5.74, 6) is 0.549. The average Bonchev–Trinajstić information content (AvgIpc) is 3.46. The van der Waals surface area contributed by atoms with E-state index in [0.29, 0.717) is 17.1 Å². The van der Waals surface area contributed by atoms with Crippen molar-refractivity contribution in [3.8, 4) is 11.5 Å². The van der Waals surface area contributed by atoms with Gasteiger partial charge < -0.3 is 5.32 Å². The molecule has 0 aliphatic carbocycles. The zero-order valence-corrected chi connectivity index (χ0v) is 17.1. The summed E-state index contributed by atoms with van der Waals surface area (Å²) in [5, 5.41) is 7.70. The predicted octanol–water partition coefficient (Wildman–Crippen LogP) is 4.19. The van der Waals surface area contributed by atoms with Gasteiger partial charge in [-0.05, 0) is 35.9 Å². The Morgan fingerprint density at radius 1 is 0.968 bits per heavy atom. The number of imidazole rings is 1. The van der Waals surface area contributed by atoms with Gasteiger partial charge in [0.05, 0.1) is 33.5 Å². The Balaban J connectivity index is 1.26. The Hall–Kier alpha value is -3.97. The number of nitrogens with one attached hydrogen (secondary N) is 1. The molecule has 2 aromatic carbocycles. The number of fused-ring (bicyclic) bond motifs is 1. The average molecular weight is 429 g/mol. The summed E-state index contributed by atoms with van der Waals surface area (Å²) in [6, 6.07) is 19.1. The van der Waals surface area contributed by atoms with Crippen LogP contribution in [0.25, 0.3) is 22.5 Å². The number of hydrogen-bond donors (Lipinski definition) is 1. The van der Waals surface area contributed by atoms with Gasteiger partial charge in [-0.15, -0.1) is 0 Å². The fourth-order valence-corrected chi connectivity index (χ4v) is 3.52. The van der Waals surface area contributed by atoms with Crippen LogP contribution >= 0.6 is 11.6 Å². The predicted molar refractivity (Wildman–Crippen MR) is 119 cm³/mol. The van der Waals surface area contributed by atoms with E-state index >= 15 is 0 Å². The molecule has 1 N–H and O–H groups in total. The highest BCUT2D eigenvalue weighted by Gasteiger charge is 2.11. The third kappa shape index (κ3) is 3.78. The second kappa shape index (κ2) is 8.04. The second-order valence-corrected chi connectivity index (χ2v) is 7.34. The van der Waals surface area contributed by atoms with E-state index in [1.807, 2.05) is 59.2 Å². The summed E-state index contributed by atoms with van der Waals surface area (Å²) in [4.78, 5) is 21.4. The lowest BCUT2D eigenvalue weighted by Gasteiger charge is -2.06. The van der Waals surface area contributed by atoms with Gasteiger partial charge >= 0.3 is 0 Å². The van der Waals surface area contributed by atoms with E-state index in [9.17, 15) is 4.79 Å². The molecule has 0 aliphatic rings. The molecule has 0 saturated carbocycles. The van der Waals surface area contributed by atoms with Gasteiger partial charge in [0.1, 0.15) is 12.1 Å². The van der Waals surface area contributed by atoms with E-state index in [1.165, 1.54) is 6.20 Å². The Labute approximate surface area is 182 Å². The molecule has 152 valence electrons. The summed E-state index contributed by atoms with van der Waals surface area (Å²) >= 11 is 6.20. The molecule has 0 saturated heterocycles. The first-order chi connectivity index (χ1) is 15.2. The number of pyridine rings is 1. The third-order valence-electron chi connectivity index (χ3n) is 4.91. The van der Waals surface area contributed by atoms with Gasteiger partial charge in [-0.2, -0.15) is 5.10 Å². The number of benzene rings is 2. The number of amides is 1. The molecule has 7 nitrogen and oxygen atoms in total. The monoisotopic (exact) mass is 428 g/mol. The van der Waals surface area contributed by atoms with Crippen molar-refractivity contribution >= 4 is 28.5 Å². The summed E-state index contributed by atoms with van der Waals surface area (Å²) in [6.45, 7) is 0.355. The molecule has 0 bridgehead atoms. The van der Waals surface area contributed by atoms with Crippen molar-refractivity contribution < 1.29 is 4.79 Å². The summed E-state index contributed by atoms with van der Waals surface area (Å²) in [6.07, 6.45) is 6.68. The molecular weight excluding hydrogens is 412 g/mol. The van der Waals surface area contributed by atoms with E-state index < -0.39 is 0 Å². The molecule has 0 spiro atoms. The summed E-state index contributed by atoms with van der Waals surface area (Å²) < 4.78 is 3.52. The first-order valence-corrected chi connectivity index (χ1v) is 10.0. The highest BCUT2D eigenvalue weighted by atomic mass is 35.5. The lowest BCUT2D eigenvalue weighted by atomic mass is 10.2. The van der Waals surface area contributed by atoms with Crippen molar-refractivity contribution in [1.82, 2.24) is 29.6 Å². The van der Waals surface area contributed by atoms with Crippen molar-refractivity contribution in [3.05, 3.63) is 102 Å². The minimum atomic E-state index is -0.219. The van der Waals surface area contributed by atoms with Crippen LogP contribution in [-0.4, -0.2) is 30.2 Å². The molecule has 3 heterocycles. The third-order valence-corrected chi connectivity index (χ3v) is 5.23. The van der Waals surface area contributed by atoms with E-state index in [1.54, 1.807) is 29.5 Å². The van der Waals surface area contributed by atoms with Crippen LogP contribution in [0, 0.1) is 0 Å². The number of para-hydroxylation sites is 3. The van der Waals surface area contributed by atoms with Gasteiger partial charge in [-0.25, -0.2) is 14.6 Å². The molecule has 0 unspecified atom stereocenters. The van der Waals surface area contributed by atoms with E-state index in [0.717, 1.165) is 28.1 Å². The van der Waals surface area contributed by atoms with Gasteiger partial charge in [-0.1, -0.05) is 41.9 Å². The van der Waals surface area contributed by atoms with Gasteiger partial charge in [0, 0.05) is 18.9 Å². The SMILES string of the molecule is O=C(NCc1ccc(-n2cnc3ccccc32)nc1)c1cnn(-c2ccccc2Cl)c1. The van der Waals surface area contributed by atoms with E-state index in [2.05, 4.69) is 20.4 Å². The molecule has 8 heteroatoms. The van der Waals surface area contributed by atoms with E-state index in [4.69, 9.17) is 11.6 Å². The van der Waals surface area contributed by atoms with Crippen LogP contribution in [0.2, 0.25) is 5.02 Å². The van der Waals surface area contributed by atoms with Crippen LogP contribution in [0.1, 0.15) is 15.9 Å². The minimum Gasteiger partial charge on any atom is -0.348 e. The first-order valence-electron chi connectivity index (χ1n) is 9.64. The Kier molecular flexibility index (Phi) is 4.93. The van der Waals surface area contributed by atoms with Crippen LogP contribution < -0.4 is 5.32 Å². The maximum absolute atomic E-state index is 12.5. The van der Waals surface area contributed by atoms with Crippen LogP contribution in [0.3, 0.4) is 0 Å². The van der Waals surface area contributed by atoms with Crippen LogP contribution in [-0.2, 0) is 6.54 Å². The Morgan fingerprint density at radius 3 is 2.65 bits per heavy atom. The molecule has 31 heavy (non-hydrogen) atoms. The second-order valence-electron chi connectivity index (χ2n) is 6.94. The molecule has 1 amide bonds. The number of halogens is 1. The number of aromatic nitrogens is 5. The lowest BCUT2D eigenvalue weighted by Crippen LogP contribution is -2.22. The highest BCUT2D eigenvalue weighted by Crippen LogP contribution is 2.19. The fraction of sp³-hybridized carbons (Fsp3) is 0.0435. The number of carbonyl (C=O) groups is 1. The number of rotatable bonds is 5. The number of nitrogens with zero attached hydrogens (tertiary/aromatic N) is 5. The van der Waals surface area contributed by atoms with Crippen molar-refractivity contribution in [3.63, 3.8) is 0 Å². The normalized spacial score (nSPS) is 11.0. The van der Waals surface area contributed by atoms with Crippen molar-refractivity contribution in [2.24, 2.45) is 0 Å². The molecule has 0 fully saturated rings. The highest BCUT2D eigenvalue weighted by molar-refractivity contribution is 6.32. The molecule has 5 rings (SSSR count). The minimum absolute atomic E-state index is 0.219. The molecular formula is C23H17ClN6O. The first kappa shape index (κ1) is 19.0. The number of hydrogen-bond acceptors (Lipinski definition) is 4. The van der Waals surface area contributed by atoms with Gasteiger partial charge in [0.15, 0.2) is 0 Å². The van der Waals surface area contributed by atoms with Crippen LogP contribution in [0.4, 0.5) is 0 Å². The van der Waals surface area contributed by atoms with Crippen molar-refractivity contribution in [1.29, 1.82) is 0 Å². The maximum atomic E-state index is 12.5. The number of carbonyl (C=O) groups excluding carboxylic acids is 1. The van der Waals surface area contributed by atoms with Gasteiger partial charge in [0.25, 0.3) is 5.91 Å². The largest absolute Gasteiger partial charge is 0.348 e. The quantitative estimate of drug-likeness (QED) is 0.455. The van der Waals surface area contributed by atoms with Crippen molar-refractivity contribution in [2.45, 2.75) is 6.54 Å². The standard InChI is InChI=1S/C23H17ClN6O/c24-18-5-1-3-7-20(18)30-14-17(13-28-30)23(31)26-12-16-9-10-22(25-11-16)29-15-27-19-6-2-4-8-21(19)29/h1-11,13-15H,12H2,(H,26,31). The Bertz CT molecular complexity index is 1370. The molecule has 0 radical (unpaired) electrons. The zero-order valence-electron chi connectivity index (χ0n) is 16.3.